The molecule has 0 spiro atoms. The molecular formula is C12H13N3O. The van der Waals surface area contributed by atoms with Gasteiger partial charge in [0, 0.05) is 18.1 Å². The fourth-order valence-corrected chi connectivity index (χ4v) is 1.35. The summed E-state index contributed by atoms with van der Waals surface area (Å²) in [6.45, 7) is 4.32. The topological polar surface area (TPSA) is 47.0 Å². The third-order valence-corrected chi connectivity index (χ3v) is 2.25. The Kier molecular flexibility index (Phi) is 3.00. The van der Waals surface area contributed by atoms with Crippen LogP contribution in [0.2, 0.25) is 0 Å². The Balaban J connectivity index is 2.16. The van der Waals surface area contributed by atoms with Gasteiger partial charge in [-0.25, -0.2) is 0 Å². The van der Waals surface area contributed by atoms with E-state index in [-0.39, 0.29) is 0 Å². The minimum atomic E-state index is 0.586. The monoisotopic (exact) mass is 215 g/mol. The number of hydrogen-bond donors (Lipinski definition) is 1. The Morgan fingerprint density at radius 3 is 2.81 bits per heavy atom. The number of rotatable bonds is 4. The second kappa shape index (κ2) is 4.61. The van der Waals surface area contributed by atoms with Gasteiger partial charge in [0.2, 0.25) is 0 Å². The second-order valence-electron chi connectivity index (χ2n) is 3.36. The molecule has 2 rings (SSSR count). The van der Waals surface area contributed by atoms with Gasteiger partial charge in [-0.1, -0.05) is 6.58 Å². The molecule has 0 amide bonds. The number of benzene rings is 1. The Morgan fingerprint density at radius 2 is 2.06 bits per heavy atom. The van der Waals surface area contributed by atoms with Gasteiger partial charge in [-0.2, -0.15) is 0 Å². The molecular weight excluding hydrogens is 202 g/mol. The van der Waals surface area contributed by atoms with Crippen molar-refractivity contribution in [2.75, 3.05) is 19.0 Å². The number of aromatic nitrogens is 2. The lowest BCUT2D eigenvalue weighted by atomic mass is 10.2. The molecule has 0 unspecified atom stereocenters. The smallest absolute Gasteiger partial charge is 0.107 e. The number of fused-ring (bicyclic) bond motifs is 1. The number of ether oxygens (including phenoxy) is 1. The van der Waals surface area contributed by atoms with Crippen LogP contribution in [0.4, 0.5) is 5.69 Å². The summed E-state index contributed by atoms with van der Waals surface area (Å²) >= 11 is 0. The van der Waals surface area contributed by atoms with Crippen LogP contribution in [0.3, 0.4) is 0 Å². The fourth-order valence-electron chi connectivity index (χ4n) is 1.35. The minimum Gasteiger partial charge on any atom is -0.500 e. The van der Waals surface area contributed by atoms with Crippen LogP contribution >= 0.6 is 0 Å². The van der Waals surface area contributed by atoms with E-state index in [9.17, 15) is 0 Å². The summed E-state index contributed by atoms with van der Waals surface area (Å²) in [6, 6.07) is 5.84. The predicted molar refractivity (Wildman–Crippen MR) is 64.2 cm³/mol. The first-order chi connectivity index (χ1) is 7.79. The molecule has 0 bridgehead atoms. The van der Waals surface area contributed by atoms with Crippen molar-refractivity contribution in [1.29, 1.82) is 0 Å². The first kappa shape index (κ1) is 10.4. The molecule has 2 aromatic rings. The SMILES string of the molecule is C=C(CNc1ccc2nccnc2c1)OC. The Hall–Kier alpha value is -2.10. The average Bonchev–Trinajstić information content (AvgIpc) is 2.35. The van der Waals surface area contributed by atoms with Gasteiger partial charge in [-0.05, 0) is 18.2 Å². The quantitative estimate of drug-likeness (QED) is 0.794. The number of methoxy groups -OCH3 is 1. The van der Waals surface area contributed by atoms with Crippen LogP contribution in [0, 0.1) is 0 Å². The largest absolute Gasteiger partial charge is 0.500 e. The van der Waals surface area contributed by atoms with Gasteiger partial charge in [-0.3, -0.25) is 9.97 Å². The molecule has 0 atom stereocenters. The van der Waals surface area contributed by atoms with Crippen molar-refractivity contribution in [2.45, 2.75) is 0 Å². The standard InChI is InChI=1S/C12H13N3O/c1-9(16-2)8-15-10-3-4-11-12(7-10)14-6-5-13-11/h3-7,15H,1,8H2,2H3. The van der Waals surface area contributed by atoms with Crippen molar-refractivity contribution in [3.8, 4) is 0 Å². The lowest BCUT2D eigenvalue weighted by Gasteiger charge is -2.08. The van der Waals surface area contributed by atoms with Gasteiger partial charge in [-0.15, -0.1) is 0 Å². The van der Waals surface area contributed by atoms with Gasteiger partial charge in [0.15, 0.2) is 0 Å². The molecule has 0 aliphatic rings. The van der Waals surface area contributed by atoms with E-state index >= 15 is 0 Å². The third kappa shape index (κ3) is 2.28. The summed E-state index contributed by atoms with van der Waals surface area (Å²) in [4.78, 5) is 8.43. The molecule has 0 aliphatic carbocycles. The Morgan fingerprint density at radius 1 is 1.31 bits per heavy atom. The average molecular weight is 215 g/mol. The molecule has 0 saturated heterocycles. The Labute approximate surface area is 94.0 Å². The molecule has 1 aromatic heterocycles. The van der Waals surface area contributed by atoms with Crippen LogP contribution in [0.1, 0.15) is 0 Å². The summed E-state index contributed by atoms with van der Waals surface area (Å²) in [5.41, 5.74) is 2.74. The third-order valence-electron chi connectivity index (χ3n) is 2.25. The highest BCUT2D eigenvalue weighted by atomic mass is 16.5. The van der Waals surface area contributed by atoms with Crippen molar-refractivity contribution >= 4 is 16.7 Å². The second-order valence-corrected chi connectivity index (χ2v) is 3.36. The maximum atomic E-state index is 4.97. The number of hydrogen-bond acceptors (Lipinski definition) is 4. The van der Waals surface area contributed by atoms with E-state index in [1.54, 1.807) is 19.5 Å². The lowest BCUT2D eigenvalue weighted by Crippen LogP contribution is -2.05. The molecule has 82 valence electrons. The molecule has 1 heterocycles. The van der Waals surface area contributed by atoms with E-state index in [1.165, 1.54) is 0 Å². The summed E-state index contributed by atoms with van der Waals surface area (Å²) in [6.07, 6.45) is 3.36. The van der Waals surface area contributed by atoms with Crippen LogP contribution in [0.25, 0.3) is 11.0 Å². The van der Waals surface area contributed by atoms with Crippen LogP contribution in [0.15, 0.2) is 42.9 Å². The molecule has 0 radical (unpaired) electrons. The van der Waals surface area contributed by atoms with Crippen molar-refractivity contribution < 1.29 is 4.74 Å². The lowest BCUT2D eigenvalue weighted by molar-refractivity contribution is 0.291. The van der Waals surface area contributed by atoms with E-state index in [1.807, 2.05) is 18.2 Å². The van der Waals surface area contributed by atoms with Gasteiger partial charge >= 0.3 is 0 Å². The van der Waals surface area contributed by atoms with E-state index in [0.29, 0.717) is 12.3 Å². The van der Waals surface area contributed by atoms with Crippen LogP contribution in [0.5, 0.6) is 0 Å². The van der Waals surface area contributed by atoms with Crippen molar-refractivity contribution in [3.05, 3.63) is 42.9 Å². The number of nitrogens with one attached hydrogen (secondary N) is 1. The van der Waals surface area contributed by atoms with Gasteiger partial charge < -0.3 is 10.1 Å². The summed E-state index contributed by atoms with van der Waals surface area (Å²) in [5.74, 6) is 0.694. The summed E-state index contributed by atoms with van der Waals surface area (Å²) < 4.78 is 4.97. The molecule has 0 fully saturated rings. The molecule has 4 heteroatoms. The molecule has 1 N–H and O–H groups in total. The van der Waals surface area contributed by atoms with E-state index in [4.69, 9.17) is 4.74 Å². The highest BCUT2D eigenvalue weighted by molar-refractivity contribution is 5.78. The van der Waals surface area contributed by atoms with Crippen LogP contribution in [-0.2, 0) is 4.74 Å². The molecule has 1 aromatic carbocycles. The molecule has 4 nitrogen and oxygen atoms in total. The van der Waals surface area contributed by atoms with Gasteiger partial charge in [0.1, 0.15) is 5.76 Å². The number of anilines is 1. The zero-order valence-electron chi connectivity index (χ0n) is 9.10. The zero-order valence-corrected chi connectivity index (χ0v) is 9.10. The van der Waals surface area contributed by atoms with Crippen molar-refractivity contribution in [1.82, 2.24) is 9.97 Å². The van der Waals surface area contributed by atoms with Crippen molar-refractivity contribution in [3.63, 3.8) is 0 Å². The van der Waals surface area contributed by atoms with Crippen LogP contribution < -0.4 is 5.32 Å². The number of nitrogens with zero attached hydrogens (tertiary/aromatic N) is 2. The normalized spacial score (nSPS) is 10.1. The predicted octanol–water partition coefficient (Wildman–Crippen LogP) is 2.20. The van der Waals surface area contributed by atoms with E-state index in [2.05, 4.69) is 21.9 Å². The van der Waals surface area contributed by atoms with Gasteiger partial charge in [0.05, 0.1) is 24.7 Å². The highest BCUT2D eigenvalue weighted by Gasteiger charge is 1.98. The maximum Gasteiger partial charge on any atom is 0.107 e. The first-order valence-corrected chi connectivity index (χ1v) is 4.96. The highest BCUT2D eigenvalue weighted by Crippen LogP contribution is 2.15. The molecule has 0 aliphatic heterocycles. The summed E-state index contributed by atoms with van der Waals surface area (Å²) in [7, 11) is 1.61. The van der Waals surface area contributed by atoms with E-state index in [0.717, 1.165) is 16.7 Å². The van der Waals surface area contributed by atoms with E-state index < -0.39 is 0 Å². The molecule has 16 heavy (non-hydrogen) atoms. The summed E-state index contributed by atoms with van der Waals surface area (Å²) in [5, 5.41) is 3.20. The molecule has 0 saturated carbocycles. The minimum absolute atomic E-state index is 0.586. The first-order valence-electron chi connectivity index (χ1n) is 4.96. The van der Waals surface area contributed by atoms with Gasteiger partial charge in [0.25, 0.3) is 0 Å². The van der Waals surface area contributed by atoms with Crippen LogP contribution in [-0.4, -0.2) is 23.6 Å². The zero-order chi connectivity index (χ0) is 11.4. The Bertz CT molecular complexity index is 510. The fraction of sp³-hybridized carbons (Fsp3) is 0.167. The maximum absolute atomic E-state index is 4.97. The van der Waals surface area contributed by atoms with Crippen molar-refractivity contribution in [2.24, 2.45) is 0 Å².